The summed E-state index contributed by atoms with van der Waals surface area (Å²) >= 11 is 7.24. The van der Waals surface area contributed by atoms with Crippen molar-refractivity contribution in [1.29, 1.82) is 0 Å². The number of benzene rings is 2. The maximum absolute atomic E-state index is 12.7. The lowest BCUT2D eigenvalue weighted by Crippen LogP contribution is -2.14. The number of ketones is 1. The third-order valence-corrected chi connectivity index (χ3v) is 5.52. The topological polar surface area (TPSA) is 66.2 Å². The van der Waals surface area contributed by atoms with Crippen molar-refractivity contribution in [3.05, 3.63) is 64.9 Å². The van der Waals surface area contributed by atoms with Crippen LogP contribution in [0.25, 0.3) is 0 Å². The fraction of sp³-hybridized carbons (Fsp3) is 0.250. The molecule has 0 fully saturated rings. The normalized spacial score (nSPS) is 11.9. The van der Waals surface area contributed by atoms with E-state index in [0.29, 0.717) is 27.3 Å². The molecule has 0 saturated heterocycles. The second-order valence-electron chi connectivity index (χ2n) is 6.05. The lowest BCUT2D eigenvalue weighted by Gasteiger charge is -2.11. The summed E-state index contributed by atoms with van der Waals surface area (Å²) in [4.78, 5) is 12.7. The third-order valence-electron chi connectivity index (χ3n) is 4.13. The molecule has 0 N–H and O–H groups in total. The Labute approximate surface area is 172 Å². The van der Waals surface area contributed by atoms with Gasteiger partial charge in [0.2, 0.25) is 0 Å². The molecular weight excluding hydrogens is 398 g/mol. The summed E-state index contributed by atoms with van der Waals surface area (Å²) in [5.74, 6) is 2.11. The number of halogens is 1. The van der Waals surface area contributed by atoms with Crippen LogP contribution < -0.4 is 9.47 Å². The Morgan fingerprint density at radius 2 is 1.75 bits per heavy atom. The summed E-state index contributed by atoms with van der Waals surface area (Å²) in [6, 6.07) is 14.2. The van der Waals surface area contributed by atoms with Gasteiger partial charge in [0.25, 0.3) is 0 Å². The summed E-state index contributed by atoms with van der Waals surface area (Å²) in [5, 5.41) is 9.36. The van der Waals surface area contributed by atoms with Gasteiger partial charge in [0, 0.05) is 17.6 Å². The molecule has 1 aromatic heterocycles. The van der Waals surface area contributed by atoms with E-state index in [2.05, 4.69) is 10.2 Å². The van der Waals surface area contributed by atoms with E-state index in [0.717, 1.165) is 5.75 Å². The number of rotatable bonds is 8. The van der Waals surface area contributed by atoms with Gasteiger partial charge < -0.3 is 14.0 Å². The molecule has 1 atom stereocenters. The van der Waals surface area contributed by atoms with Crippen LogP contribution in [0.4, 0.5) is 0 Å². The van der Waals surface area contributed by atoms with E-state index in [-0.39, 0.29) is 17.6 Å². The maximum Gasteiger partial charge on any atom is 0.191 e. The quantitative estimate of drug-likeness (QED) is 0.399. The molecule has 8 heteroatoms. The number of nitrogens with zero attached hydrogens (tertiary/aromatic N) is 3. The standard InChI is InChI=1S/C20H20ClN3O3S/c1-13(19(25)14-4-8-16(26-3)9-5-14)28-20-23-22-18(24(20)2)12-27-17-10-6-15(21)7-11-17/h4-11,13H,12H2,1-3H3. The summed E-state index contributed by atoms with van der Waals surface area (Å²) in [6.45, 7) is 2.13. The van der Waals surface area contributed by atoms with Gasteiger partial charge in [-0.2, -0.15) is 0 Å². The van der Waals surface area contributed by atoms with E-state index in [9.17, 15) is 4.79 Å². The Hall–Kier alpha value is -2.51. The highest BCUT2D eigenvalue weighted by Gasteiger charge is 2.20. The summed E-state index contributed by atoms with van der Waals surface area (Å²) in [6.07, 6.45) is 0. The Kier molecular flexibility index (Phi) is 6.59. The highest BCUT2D eigenvalue weighted by Crippen LogP contribution is 2.25. The van der Waals surface area contributed by atoms with Crippen molar-refractivity contribution in [3.63, 3.8) is 0 Å². The van der Waals surface area contributed by atoms with Crippen LogP contribution >= 0.6 is 23.4 Å². The second kappa shape index (κ2) is 9.12. The van der Waals surface area contributed by atoms with E-state index < -0.39 is 0 Å². The molecule has 0 radical (unpaired) electrons. The fourth-order valence-electron chi connectivity index (χ4n) is 2.45. The Morgan fingerprint density at radius 3 is 2.39 bits per heavy atom. The molecule has 1 heterocycles. The van der Waals surface area contributed by atoms with Gasteiger partial charge in [0.15, 0.2) is 16.8 Å². The smallest absolute Gasteiger partial charge is 0.191 e. The van der Waals surface area contributed by atoms with E-state index in [1.165, 1.54) is 11.8 Å². The monoisotopic (exact) mass is 417 g/mol. The van der Waals surface area contributed by atoms with E-state index in [4.69, 9.17) is 21.1 Å². The second-order valence-corrected chi connectivity index (χ2v) is 7.80. The minimum atomic E-state index is -0.304. The van der Waals surface area contributed by atoms with Crippen molar-refractivity contribution >= 4 is 29.1 Å². The van der Waals surface area contributed by atoms with Gasteiger partial charge in [-0.3, -0.25) is 4.79 Å². The van der Waals surface area contributed by atoms with E-state index in [1.54, 1.807) is 55.6 Å². The predicted molar refractivity (Wildman–Crippen MR) is 109 cm³/mol. The van der Waals surface area contributed by atoms with Crippen LogP contribution in [0.15, 0.2) is 53.7 Å². The molecule has 0 aliphatic heterocycles. The largest absolute Gasteiger partial charge is 0.497 e. The SMILES string of the molecule is COc1ccc(C(=O)C(C)Sc2nnc(COc3ccc(Cl)cc3)n2C)cc1. The molecule has 1 unspecified atom stereocenters. The molecule has 146 valence electrons. The number of carbonyl (C=O) groups excluding carboxylic acids is 1. The van der Waals surface area contributed by atoms with Crippen LogP contribution in [0, 0.1) is 0 Å². The van der Waals surface area contributed by atoms with Gasteiger partial charge in [0.1, 0.15) is 18.1 Å². The molecule has 3 aromatic rings. The molecule has 6 nitrogen and oxygen atoms in total. The van der Waals surface area contributed by atoms with Gasteiger partial charge in [-0.05, 0) is 55.5 Å². The van der Waals surface area contributed by atoms with Crippen molar-refractivity contribution in [2.24, 2.45) is 7.05 Å². The van der Waals surface area contributed by atoms with Crippen LogP contribution in [0.2, 0.25) is 5.02 Å². The lowest BCUT2D eigenvalue weighted by molar-refractivity contribution is 0.0994. The summed E-state index contributed by atoms with van der Waals surface area (Å²) < 4.78 is 12.7. The molecule has 0 bridgehead atoms. The first-order valence-electron chi connectivity index (χ1n) is 8.59. The molecule has 0 spiro atoms. The maximum atomic E-state index is 12.7. The number of aromatic nitrogens is 3. The predicted octanol–water partition coefficient (Wildman–Crippen LogP) is 4.42. The molecule has 0 saturated carbocycles. The number of ether oxygens (including phenoxy) is 2. The Balaban J connectivity index is 1.62. The van der Waals surface area contributed by atoms with Crippen molar-refractivity contribution in [2.75, 3.05) is 7.11 Å². The zero-order valence-electron chi connectivity index (χ0n) is 15.8. The average Bonchev–Trinajstić information content (AvgIpc) is 3.06. The Bertz CT molecular complexity index is 942. The number of Topliss-reactive ketones (excluding diaryl/α,β-unsaturated/α-hetero) is 1. The fourth-order valence-corrected chi connectivity index (χ4v) is 3.49. The van der Waals surface area contributed by atoms with Crippen LogP contribution in [-0.4, -0.2) is 32.9 Å². The molecule has 2 aromatic carbocycles. The number of hydrogen-bond donors (Lipinski definition) is 0. The van der Waals surface area contributed by atoms with E-state index >= 15 is 0 Å². The van der Waals surface area contributed by atoms with Gasteiger partial charge in [0.05, 0.1) is 12.4 Å². The number of carbonyl (C=O) groups is 1. The van der Waals surface area contributed by atoms with Crippen LogP contribution in [0.1, 0.15) is 23.1 Å². The first kappa shape index (κ1) is 20.2. The first-order chi connectivity index (χ1) is 13.5. The van der Waals surface area contributed by atoms with Crippen molar-refractivity contribution in [3.8, 4) is 11.5 Å². The third kappa shape index (κ3) is 4.85. The van der Waals surface area contributed by atoms with Crippen molar-refractivity contribution < 1.29 is 14.3 Å². The molecule has 0 aliphatic carbocycles. The average molecular weight is 418 g/mol. The molecular formula is C20H20ClN3O3S. The highest BCUT2D eigenvalue weighted by atomic mass is 35.5. The van der Waals surface area contributed by atoms with Gasteiger partial charge in [-0.25, -0.2) is 0 Å². The number of methoxy groups -OCH3 is 1. The minimum absolute atomic E-state index is 0.0228. The molecule has 28 heavy (non-hydrogen) atoms. The van der Waals surface area contributed by atoms with Crippen LogP contribution in [0.3, 0.4) is 0 Å². The number of thioether (sulfide) groups is 1. The van der Waals surface area contributed by atoms with Gasteiger partial charge in [-0.15, -0.1) is 10.2 Å². The van der Waals surface area contributed by atoms with Crippen molar-refractivity contribution in [2.45, 2.75) is 23.9 Å². The lowest BCUT2D eigenvalue weighted by atomic mass is 10.1. The summed E-state index contributed by atoms with van der Waals surface area (Å²) in [5.41, 5.74) is 0.634. The minimum Gasteiger partial charge on any atom is -0.497 e. The summed E-state index contributed by atoms with van der Waals surface area (Å²) in [7, 11) is 3.45. The molecule has 0 aliphatic rings. The molecule has 0 amide bonds. The van der Waals surface area contributed by atoms with Crippen LogP contribution in [0.5, 0.6) is 11.5 Å². The molecule has 3 rings (SSSR count). The highest BCUT2D eigenvalue weighted by molar-refractivity contribution is 8.00. The van der Waals surface area contributed by atoms with E-state index in [1.807, 2.05) is 18.5 Å². The van der Waals surface area contributed by atoms with Gasteiger partial charge in [-0.1, -0.05) is 23.4 Å². The number of hydrogen-bond acceptors (Lipinski definition) is 6. The van der Waals surface area contributed by atoms with Gasteiger partial charge >= 0.3 is 0 Å². The Morgan fingerprint density at radius 1 is 1.11 bits per heavy atom. The zero-order valence-corrected chi connectivity index (χ0v) is 17.3. The van der Waals surface area contributed by atoms with Crippen molar-refractivity contribution in [1.82, 2.24) is 14.8 Å². The first-order valence-corrected chi connectivity index (χ1v) is 9.85. The van der Waals surface area contributed by atoms with Crippen LogP contribution in [-0.2, 0) is 13.7 Å². The zero-order chi connectivity index (χ0) is 20.1.